The van der Waals surface area contributed by atoms with Crippen molar-refractivity contribution in [1.29, 1.82) is 0 Å². The van der Waals surface area contributed by atoms with Gasteiger partial charge in [-0.2, -0.15) is 0 Å². The number of imide groups is 2. The van der Waals surface area contributed by atoms with Gasteiger partial charge in [0.1, 0.15) is 11.3 Å². The van der Waals surface area contributed by atoms with Crippen molar-refractivity contribution in [1.82, 2.24) is 5.32 Å². The Kier molecular flexibility index (Phi) is 7.14. The molecule has 2 N–H and O–H groups in total. The number of halogens is 2. The van der Waals surface area contributed by atoms with E-state index in [1.165, 1.54) is 24.3 Å². The van der Waals surface area contributed by atoms with Crippen LogP contribution in [0.1, 0.15) is 5.56 Å². The van der Waals surface area contributed by atoms with Gasteiger partial charge in [0.25, 0.3) is 17.7 Å². The number of amides is 5. The van der Waals surface area contributed by atoms with Gasteiger partial charge in [0.15, 0.2) is 6.61 Å². The first-order chi connectivity index (χ1) is 16.8. The second kappa shape index (κ2) is 10.4. The fraction of sp³-hybridized carbons (Fsp3) is 0.0400. The summed E-state index contributed by atoms with van der Waals surface area (Å²) in [6.45, 7) is -0.197. The molecule has 0 aliphatic carbocycles. The zero-order chi connectivity index (χ0) is 24.9. The number of urea groups is 1. The van der Waals surface area contributed by atoms with Crippen LogP contribution in [0.25, 0.3) is 6.08 Å². The molecule has 5 amide bonds. The zero-order valence-corrected chi connectivity index (χ0v) is 19.5. The third kappa shape index (κ3) is 5.68. The number of barbiturate groups is 1. The summed E-state index contributed by atoms with van der Waals surface area (Å²) in [7, 11) is 0. The minimum atomic E-state index is -0.895. The highest BCUT2D eigenvalue weighted by Gasteiger charge is 2.37. The molecule has 1 aliphatic rings. The van der Waals surface area contributed by atoms with Crippen molar-refractivity contribution in [2.24, 2.45) is 0 Å². The van der Waals surface area contributed by atoms with E-state index < -0.39 is 17.8 Å². The molecule has 0 atom stereocenters. The van der Waals surface area contributed by atoms with Gasteiger partial charge < -0.3 is 10.1 Å². The highest BCUT2D eigenvalue weighted by molar-refractivity contribution is 6.43. The fourth-order valence-electron chi connectivity index (χ4n) is 3.21. The van der Waals surface area contributed by atoms with Gasteiger partial charge in [-0.05, 0) is 54.1 Å². The van der Waals surface area contributed by atoms with Crippen molar-refractivity contribution < 1.29 is 23.9 Å². The van der Waals surface area contributed by atoms with Crippen molar-refractivity contribution in [2.75, 3.05) is 16.8 Å². The molecule has 10 heteroatoms. The van der Waals surface area contributed by atoms with Crippen molar-refractivity contribution in [3.8, 4) is 5.75 Å². The lowest BCUT2D eigenvalue weighted by Gasteiger charge is -2.26. The summed E-state index contributed by atoms with van der Waals surface area (Å²) >= 11 is 11.9. The molecule has 0 aromatic heterocycles. The molecule has 0 unspecified atom stereocenters. The maximum atomic E-state index is 13.0. The second-order valence-electron chi connectivity index (χ2n) is 7.33. The Balaban J connectivity index is 1.45. The summed E-state index contributed by atoms with van der Waals surface area (Å²) < 4.78 is 5.48. The standard InChI is InChI=1S/C25H17Cl2N3O5/c26-20-11-8-17(13-21(20)27)30-24(33)19(23(32)29-25(30)34)12-15-6-9-18(10-7-15)35-14-22(31)28-16-4-2-1-3-5-16/h1-13H,14H2,(H,28,31)(H,29,32,34)/b19-12+. The van der Waals surface area contributed by atoms with Gasteiger partial charge in [-0.15, -0.1) is 0 Å². The van der Waals surface area contributed by atoms with Gasteiger partial charge in [0.05, 0.1) is 15.7 Å². The number of carbonyl (C=O) groups excluding carboxylic acids is 4. The maximum Gasteiger partial charge on any atom is 0.335 e. The maximum absolute atomic E-state index is 13.0. The van der Waals surface area contributed by atoms with Crippen LogP contribution < -0.4 is 20.3 Å². The summed E-state index contributed by atoms with van der Waals surface area (Å²) in [6, 6.07) is 18.7. The van der Waals surface area contributed by atoms with Gasteiger partial charge in [0, 0.05) is 5.69 Å². The third-order valence-corrected chi connectivity index (χ3v) is 5.62. The van der Waals surface area contributed by atoms with Gasteiger partial charge in [-0.25, -0.2) is 9.69 Å². The van der Waals surface area contributed by atoms with E-state index in [-0.39, 0.29) is 33.8 Å². The highest BCUT2D eigenvalue weighted by Crippen LogP contribution is 2.29. The van der Waals surface area contributed by atoms with Gasteiger partial charge in [-0.1, -0.05) is 53.5 Å². The van der Waals surface area contributed by atoms with Crippen LogP contribution in [-0.4, -0.2) is 30.4 Å². The number of ether oxygens (including phenoxy) is 1. The Morgan fingerprint density at radius 2 is 1.66 bits per heavy atom. The molecule has 1 heterocycles. The predicted molar refractivity (Wildman–Crippen MR) is 132 cm³/mol. The van der Waals surface area contributed by atoms with E-state index in [0.29, 0.717) is 17.0 Å². The number of benzene rings is 3. The van der Waals surface area contributed by atoms with Gasteiger partial charge >= 0.3 is 6.03 Å². The number of para-hydroxylation sites is 1. The lowest BCUT2D eigenvalue weighted by atomic mass is 10.1. The first-order valence-electron chi connectivity index (χ1n) is 10.3. The van der Waals surface area contributed by atoms with Crippen LogP contribution in [-0.2, 0) is 14.4 Å². The summed E-state index contributed by atoms with van der Waals surface area (Å²) in [5.74, 6) is -1.54. The van der Waals surface area contributed by atoms with Crippen LogP contribution in [0.15, 0.2) is 78.4 Å². The van der Waals surface area contributed by atoms with Crippen molar-refractivity contribution in [3.63, 3.8) is 0 Å². The summed E-state index contributed by atoms with van der Waals surface area (Å²) in [5.41, 5.74) is 1.09. The van der Waals surface area contributed by atoms with E-state index in [2.05, 4.69) is 10.6 Å². The molecule has 35 heavy (non-hydrogen) atoms. The monoisotopic (exact) mass is 509 g/mol. The molecule has 1 fully saturated rings. The molecular weight excluding hydrogens is 493 g/mol. The number of nitrogens with zero attached hydrogens (tertiary/aromatic N) is 1. The number of rotatable bonds is 6. The number of hydrogen-bond donors (Lipinski definition) is 2. The van der Waals surface area contributed by atoms with E-state index in [4.69, 9.17) is 27.9 Å². The first kappa shape index (κ1) is 24.0. The minimum Gasteiger partial charge on any atom is -0.484 e. The van der Waals surface area contributed by atoms with Crippen LogP contribution in [0.2, 0.25) is 10.0 Å². The van der Waals surface area contributed by atoms with E-state index in [1.807, 2.05) is 6.07 Å². The van der Waals surface area contributed by atoms with Crippen LogP contribution in [0.4, 0.5) is 16.2 Å². The Hall–Kier alpha value is -4.14. The summed E-state index contributed by atoms with van der Waals surface area (Å²) in [4.78, 5) is 50.5. The SMILES string of the molecule is O=C(COc1ccc(/C=C2\C(=O)NC(=O)N(c3ccc(Cl)c(Cl)c3)C2=O)cc1)Nc1ccccc1. The molecule has 0 radical (unpaired) electrons. The lowest BCUT2D eigenvalue weighted by molar-refractivity contribution is -0.122. The van der Waals surface area contributed by atoms with Crippen molar-refractivity contribution in [3.05, 3.63) is 94.0 Å². The fourth-order valence-corrected chi connectivity index (χ4v) is 3.50. The highest BCUT2D eigenvalue weighted by atomic mass is 35.5. The quantitative estimate of drug-likeness (QED) is 0.370. The number of carbonyl (C=O) groups is 4. The molecule has 4 rings (SSSR count). The van der Waals surface area contributed by atoms with Crippen LogP contribution in [0.3, 0.4) is 0 Å². The average molecular weight is 510 g/mol. The largest absolute Gasteiger partial charge is 0.484 e. The van der Waals surface area contributed by atoms with E-state index in [0.717, 1.165) is 4.90 Å². The lowest BCUT2D eigenvalue weighted by Crippen LogP contribution is -2.54. The Morgan fingerprint density at radius 3 is 2.34 bits per heavy atom. The molecule has 0 saturated carbocycles. The molecule has 1 aliphatic heterocycles. The smallest absolute Gasteiger partial charge is 0.335 e. The average Bonchev–Trinajstić information content (AvgIpc) is 2.84. The Labute approximate surface area is 210 Å². The second-order valence-corrected chi connectivity index (χ2v) is 8.14. The van der Waals surface area contributed by atoms with Gasteiger partial charge in [0.2, 0.25) is 0 Å². The molecule has 8 nitrogen and oxygen atoms in total. The molecule has 3 aromatic carbocycles. The number of anilines is 2. The normalized spacial score (nSPS) is 14.6. The van der Waals surface area contributed by atoms with Crippen molar-refractivity contribution >= 4 is 64.4 Å². The zero-order valence-electron chi connectivity index (χ0n) is 18.0. The topological polar surface area (TPSA) is 105 Å². The molecule has 3 aromatic rings. The minimum absolute atomic E-state index is 0.153. The molecular formula is C25H17Cl2N3O5. The molecule has 0 bridgehead atoms. The van der Waals surface area contributed by atoms with Crippen molar-refractivity contribution in [2.45, 2.75) is 0 Å². The van der Waals surface area contributed by atoms with Crippen LogP contribution in [0.5, 0.6) is 5.75 Å². The molecule has 0 spiro atoms. The Bertz CT molecular complexity index is 1340. The number of hydrogen-bond acceptors (Lipinski definition) is 5. The van der Waals surface area contributed by atoms with E-state index >= 15 is 0 Å². The third-order valence-electron chi connectivity index (χ3n) is 4.88. The Morgan fingerprint density at radius 1 is 0.943 bits per heavy atom. The van der Waals surface area contributed by atoms with Crippen LogP contribution >= 0.6 is 23.2 Å². The molecule has 176 valence electrons. The molecule has 1 saturated heterocycles. The van der Waals surface area contributed by atoms with Crippen LogP contribution in [0, 0.1) is 0 Å². The predicted octanol–water partition coefficient (Wildman–Crippen LogP) is 4.68. The van der Waals surface area contributed by atoms with Gasteiger partial charge in [-0.3, -0.25) is 19.7 Å². The van der Waals surface area contributed by atoms with E-state index in [9.17, 15) is 19.2 Å². The first-order valence-corrected chi connectivity index (χ1v) is 11.0. The summed E-state index contributed by atoms with van der Waals surface area (Å²) in [5, 5.41) is 5.26. The summed E-state index contributed by atoms with van der Waals surface area (Å²) in [6.07, 6.45) is 1.35. The van der Waals surface area contributed by atoms with E-state index in [1.54, 1.807) is 48.5 Å². The number of nitrogens with one attached hydrogen (secondary N) is 2.